The van der Waals surface area contributed by atoms with Crippen LogP contribution in [0.4, 0.5) is 0 Å². The number of carbonyl (C=O) groups excluding carboxylic acids is 1. The molecular formula is C16H27NO3. The number of aliphatic carboxylic acids is 1. The molecule has 4 heteroatoms. The molecule has 4 nitrogen and oxygen atoms in total. The Hall–Kier alpha value is -1.06. The monoisotopic (exact) mass is 281 g/mol. The molecule has 1 N–H and O–H groups in total. The molecule has 2 fully saturated rings. The van der Waals surface area contributed by atoms with Gasteiger partial charge in [-0.15, -0.1) is 0 Å². The van der Waals surface area contributed by atoms with Crippen LogP contribution < -0.4 is 0 Å². The Morgan fingerprint density at radius 2 is 1.45 bits per heavy atom. The molecule has 20 heavy (non-hydrogen) atoms. The minimum atomic E-state index is -0.713. The van der Waals surface area contributed by atoms with Crippen LogP contribution in [0, 0.1) is 11.8 Å². The Bertz CT molecular complexity index is 327. The van der Waals surface area contributed by atoms with Gasteiger partial charge in [-0.3, -0.25) is 9.59 Å². The number of likely N-dealkylation sites (tertiary alicyclic amines) is 1. The first-order valence-corrected chi connectivity index (χ1v) is 8.17. The summed E-state index contributed by atoms with van der Waals surface area (Å²) in [5, 5.41) is 8.82. The molecular weight excluding hydrogens is 254 g/mol. The maximum Gasteiger partial charge on any atom is 0.303 e. The number of carbonyl (C=O) groups is 2. The molecule has 0 atom stereocenters. The molecule has 1 saturated heterocycles. The zero-order chi connectivity index (χ0) is 14.4. The van der Waals surface area contributed by atoms with Crippen molar-refractivity contribution in [1.82, 2.24) is 4.90 Å². The highest BCUT2D eigenvalue weighted by molar-refractivity contribution is 5.79. The van der Waals surface area contributed by atoms with Crippen LogP contribution in [0.2, 0.25) is 0 Å². The Kier molecular flexibility index (Phi) is 5.86. The van der Waals surface area contributed by atoms with Gasteiger partial charge in [0.25, 0.3) is 0 Å². The van der Waals surface area contributed by atoms with Crippen molar-refractivity contribution in [2.45, 2.75) is 64.2 Å². The van der Waals surface area contributed by atoms with Crippen molar-refractivity contribution in [2.75, 3.05) is 13.1 Å². The van der Waals surface area contributed by atoms with Crippen LogP contribution in [-0.4, -0.2) is 35.0 Å². The van der Waals surface area contributed by atoms with Crippen molar-refractivity contribution in [3.8, 4) is 0 Å². The Morgan fingerprint density at radius 3 is 2.00 bits per heavy atom. The number of piperidine rings is 1. The summed E-state index contributed by atoms with van der Waals surface area (Å²) in [6.07, 6.45) is 10.3. The van der Waals surface area contributed by atoms with E-state index in [1.165, 1.54) is 32.1 Å². The molecule has 1 amide bonds. The maximum absolute atomic E-state index is 12.6. The average molecular weight is 281 g/mol. The fourth-order valence-corrected chi connectivity index (χ4v) is 3.57. The smallest absolute Gasteiger partial charge is 0.303 e. The number of hydrogen-bond donors (Lipinski definition) is 1. The highest BCUT2D eigenvalue weighted by Gasteiger charge is 2.28. The molecule has 0 unspecified atom stereocenters. The zero-order valence-corrected chi connectivity index (χ0v) is 12.4. The van der Waals surface area contributed by atoms with Gasteiger partial charge in [-0.1, -0.05) is 32.1 Å². The molecule has 0 aromatic rings. The van der Waals surface area contributed by atoms with E-state index in [4.69, 9.17) is 5.11 Å². The Morgan fingerprint density at radius 1 is 0.900 bits per heavy atom. The van der Waals surface area contributed by atoms with Crippen LogP contribution in [0.15, 0.2) is 0 Å². The van der Waals surface area contributed by atoms with Crippen molar-refractivity contribution >= 4 is 11.9 Å². The van der Waals surface area contributed by atoms with Gasteiger partial charge in [0.05, 0.1) is 0 Å². The van der Waals surface area contributed by atoms with Gasteiger partial charge >= 0.3 is 5.97 Å². The highest BCUT2D eigenvalue weighted by atomic mass is 16.4. The van der Waals surface area contributed by atoms with E-state index in [-0.39, 0.29) is 18.3 Å². The van der Waals surface area contributed by atoms with Gasteiger partial charge in [-0.25, -0.2) is 0 Å². The molecule has 1 aliphatic carbocycles. The number of nitrogens with zero attached hydrogens (tertiary/aromatic N) is 1. The second kappa shape index (κ2) is 7.65. The molecule has 114 valence electrons. The van der Waals surface area contributed by atoms with Crippen LogP contribution in [0.1, 0.15) is 64.2 Å². The van der Waals surface area contributed by atoms with E-state index in [0.29, 0.717) is 5.91 Å². The molecule has 0 spiro atoms. The van der Waals surface area contributed by atoms with Crippen LogP contribution in [0.3, 0.4) is 0 Å². The molecule has 0 aromatic heterocycles. The number of hydrogen-bond acceptors (Lipinski definition) is 2. The van der Waals surface area contributed by atoms with E-state index in [2.05, 4.69) is 0 Å². The predicted octanol–water partition coefficient (Wildman–Crippen LogP) is 3.06. The minimum absolute atomic E-state index is 0.228. The maximum atomic E-state index is 12.6. The van der Waals surface area contributed by atoms with Crippen molar-refractivity contribution in [3.63, 3.8) is 0 Å². The summed E-state index contributed by atoms with van der Waals surface area (Å²) in [7, 11) is 0. The van der Waals surface area contributed by atoms with Gasteiger partial charge < -0.3 is 10.0 Å². The third-order valence-corrected chi connectivity index (χ3v) is 4.84. The minimum Gasteiger partial charge on any atom is -0.481 e. The summed E-state index contributed by atoms with van der Waals surface area (Å²) in [6, 6.07) is 0. The first kappa shape index (κ1) is 15.3. The fraction of sp³-hybridized carbons (Fsp3) is 0.875. The normalized spacial score (nSPS) is 23.1. The number of amides is 1. The van der Waals surface area contributed by atoms with Crippen molar-refractivity contribution in [3.05, 3.63) is 0 Å². The van der Waals surface area contributed by atoms with Crippen molar-refractivity contribution < 1.29 is 14.7 Å². The lowest BCUT2D eigenvalue weighted by molar-refractivity contribution is -0.139. The average Bonchev–Trinajstić information content (AvgIpc) is 2.38. The van der Waals surface area contributed by atoms with E-state index in [0.717, 1.165) is 38.8 Å². The summed E-state index contributed by atoms with van der Waals surface area (Å²) in [6.45, 7) is 1.51. The second-order valence-electron chi connectivity index (χ2n) is 6.41. The quantitative estimate of drug-likeness (QED) is 0.865. The number of carboxylic acids is 1. The van der Waals surface area contributed by atoms with E-state index in [9.17, 15) is 9.59 Å². The van der Waals surface area contributed by atoms with E-state index in [1.54, 1.807) is 0 Å². The van der Waals surface area contributed by atoms with Gasteiger partial charge in [-0.05, 0) is 31.6 Å². The second-order valence-corrected chi connectivity index (χ2v) is 6.41. The first-order chi connectivity index (χ1) is 9.66. The number of rotatable bonds is 3. The lowest BCUT2D eigenvalue weighted by Crippen LogP contribution is -2.42. The van der Waals surface area contributed by atoms with Crippen molar-refractivity contribution in [2.24, 2.45) is 11.8 Å². The molecule has 0 radical (unpaired) electrons. The van der Waals surface area contributed by atoms with Gasteiger partial charge in [0.1, 0.15) is 0 Å². The summed E-state index contributed by atoms with van der Waals surface area (Å²) >= 11 is 0. The fourth-order valence-electron chi connectivity index (χ4n) is 3.57. The first-order valence-electron chi connectivity index (χ1n) is 8.17. The summed E-state index contributed by atoms with van der Waals surface area (Å²) in [5.74, 6) is 0.107. The Balaban J connectivity index is 1.79. The molecule has 1 saturated carbocycles. The van der Waals surface area contributed by atoms with Crippen LogP contribution in [0.5, 0.6) is 0 Å². The largest absolute Gasteiger partial charge is 0.481 e. The van der Waals surface area contributed by atoms with Gasteiger partial charge in [0.2, 0.25) is 5.91 Å². The van der Waals surface area contributed by atoms with Gasteiger partial charge in [0.15, 0.2) is 0 Å². The molecule has 0 aromatic carbocycles. The number of carboxylic acid groups (broad SMARTS) is 1. The van der Waals surface area contributed by atoms with Crippen LogP contribution >= 0.6 is 0 Å². The zero-order valence-electron chi connectivity index (χ0n) is 12.4. The third-order valence-electron chi connectivity index (χ3n) is 4.84. The molecule has 0 bridgehead atoms. The van der Waals surface area contributed by atoms with E-state index >= 15 is 0 Å². The highest BCUT2D eigenvalue weighted by Crippen LogP contribution is 2.27. The topological polar surface area (TPSA) is 57.6 Å². The third kappa shape index (κ3) is 4.50. The van der Waals surface area contributed by atoms with Gasteiger partial charge in [-0.2, -0.15) is 0 Å². The summed E-state index contributed by atoms with van der Waals surface area (Å²) in [4.78, 5) is 25.3. The van der Waals surface area contributed by atoms with Gasteiger partial charge in [0, 0.05) is 25.4 Å². The van der Waals surface area contributed by atoms with E-state index < -0.39 is 5.97 Å². The van der Waals surface area contributed by atoms with Crippen molar-refractivity contribution in [1.29, 1.82) is 0 Å². The molecule has 2 rings (SSSR count). The molecule has 1 aliphatic heterocycles. The standard InChI is InChI=1S/C16H27NO3/c18-15(19)12-13-8-10-17(11-9-13)16(20)14-6-4-2-1-3-5-7-14/h13-14H,1-12H2,(H,18,19). The molecule has 1 heterocycles. The van der Waals surface area contributed by atoms with Crippen LogP contribution in [0.25, 0.3) is 0 Å². The van der Waals surface area contributed by atoms with E-state index in [1.807, 2.05) is 4.90 Å². The Labute approximate surface area is 121 Å². The lowest BCUT2D eigenvalue weighted by atomic mass is 9.88. The SMILES string of the molecule is O=C(O)CC1CCN(C(=O)C2CCCCCCC2)CC1. The molecule has 2 aliphatic rings. The predicted molar refractivity (Wildman–Crippen MR) is 77.4 cm³/mol. The van der Waals surface area contributed by atoms with Crippen LogP contribution in [-0.2, 0) is 9.59 Å². The lowest BCUT2D eigenvalue weighted by Gasteiger charge is -2.34. The summed E-state index contributed by atoms with van der Waals surface area (Å²) < 4.78 is 0. The summed E-state index contributed by atoms with van der Waals surface area (Å²) in [5.41, 5.74) is 0.